The second-order valence-electron chi connectivity index (χ2n) is 6.31. The molecule has 0 spiro atoms. The van der Waals surface area contributed by atoms with Gasteiger partial charge >= 0.3 is 0 Å². The molecule has 5 nitrogen and oxygen atoms in total. The van der Waals surface area contributed by atoms with E-state index < -0.39 is 0 Å². The molecule has 2 aromatic heterocycles. The summed E-state index contributed by atoms with van der Waals surface area (Å²) in [5.74, 6) is 0.573. The highest BCUT2D eigenvalue weighted by Crippen LogP contribution is 2.24. The first-order valence-corrected chi connectivity index (χ1v) is 8.97. The highest BCUT2D eigenvalue weighted by molar-refractivity contribution is 9.10. The zero-order valence-corrected chi connectivity index (χ0v) is 16.3. The Morgan fingerprint density at radius 2 is 1.96 bits per heavy atom. The average Bonchev–Trinajstić information content (AvgIpc) is 3.11. The molecular weight excluding hydrogens is 380 g/mol. The smallest absolute Gasteiger partial charge is 0.258 e. The number of nitrogens with zero attached hydrogens (tertiary/aromatic N) is 3. The predicted octanol–water partition coefficient (Wildman–Crippen LogP) is 4.89. The summed E-state index contributed by atoms with van der Waals surface area (Å²) in [4.78, 5) is 12.8. The van der Waals surface area contributed by atoms with Gasteiger partial charge in [0, 0.05) is 33.7 Å². The van der Waals surface area contributed by atoms with Crippen molar-refractivity contribution >= 4 is 27.7 Å². The minimum absolute atomic E-state index is 0.128. The Morgan fingerprint density at radius 1 is 1.20 bits per heavy atom. The van der Waals surface area contributed by atoms with E-state index >= 15 is 0 Å². The van der Waals surface area contributed by atoms with Crippen LogP contribution in [0.2, 0.25) is 0 Å². The van der Waals surface area contributed by atoms with Crippen molar-refractivity contribution in [3.8, 4) is 5.69 Å². The number of carbonyl (C=O) groups is 1. The highest BCUT2D eigenvalue weighted by atomic mass is 79.9. The Kier molecular flexibility index (Phi) is 4.81. The van der Waals surface area contributed by atoms with Crippen LogP contribution in [0.3, 0.4) is 0 Å². The van der Waals surface area contributed by atoms with Crippen LogP contribution in [0, 0.1) is 13.8 Å². The van der Waals surface area contributed by atoms with Crippen LogP contribution in [-0.2, 0) is 0 Å². The van der Waals surface area contributed by atoms with E-state index in [1.807, 2.05) is 64.1 Å². The van der Waals surface area contributed by atoms with Gasteiger partial charge in [-0.25, -0.2) is 4.68 Å². The fraction of sp³-hybridized carbons (Fsp3) is 0.263. The molecule has 3 rings (SSSR count). The van der Waals surface area contributed by atoms with Crippen molar-refractivity contribution in [2.24, 2.45) is 0 Å². The van der Waals surface area contributed by atoms with E-state index in [2.05, 4.69) is 30.9 Å². The third kappa shape index (κ3) is 3.39. The first-order chi connectivity index (χ1) is 11.9. The van der Waals surface area contributed by atoms with E-state index in [4.69, 9.17) is 0 Å². The third-order valence-corrected chi connectivity index (χ3v) is 4.64. The van der Waals surface area contributed by atoms with E-state index in [0.29, 0.717) is 11.4 Å². The van der Waals surface area contributed by atoms with Crippen molar-refractivity contribution < 1.29 is 4.79 Å². The average molecular weight is 401 g/mol. The van der Waals surface area contributed by atoms with Crippen LogP contribution in [0.25, 0.3) is 5.69 Å². The number of hydrogen-bond donors (Lipinski definition) is 1. The molecule has 0 bridgehead atoms. The fourth-order valence-electron chi connectivity index (χ4n) is 3.01. The van der Waals surface area contributed by atoms with Gasteiger partial charge in [-0.2, -0.15) is 5.10 Å². The maximum Gasteiger partial charge on any atom is 0.258 e. The molecule has 0 saturated carbocycles. The van der Waals surface area contributed by atoms with Crippen molar-refractivity contribution in [2.75, 3.05) is 5.32 Å². The van der Waals surface area contributed by atoms with E-state index in [1.54, 1.807) is 10.9 Å². The summed E-state index contributed by atoms with van der Waals surface area (Å²) in [5, 5.41) is 7.23. The van der Waals surface area contributed by atoms with Gasteiger partial charge in [-0.15, -0.1) is 0 Å². The van der Waals surface area contributed by atoms with Crippen LogP contribution in [0.5, 0.6) is 0 Å². The van der Waals surface area contributed by atoms with Gasteiger partial charge < -0.3 is 9.88 Å². The minimum atomic E-state index is -0.128. The molecule has 0 aliphatic heterocycles. The standard InChI is InChI=1S/C19H21BrN4O/c1-12(2)24-18(8-9-21-24)22-19(25)17-10-13(3)23(14(17)4)16-7-5-6-15(20)11-16/h5-12H,1-4H3,(H,22,25). The number of aromatic nitrogens is 3. The molecule has 1 aromatic carbocycles. The number of nitrogens with one attached hydrogen (secondary N) is 1. The van der Waals surface area contributed by atoms with Crippen molar-refractivity contribution in [3.05, 3.63) is 64.0 Å². The Hall–Kier alpha value is -2.34. The van der Waals surface area contributed by atoms with Crippen molar-refractivity contribution in [1.29, 1.82) is 0 Å². The Labute approximate surface area is 155 Å². The minimum Gasteiger partial charge on any atom is -0.318 e. The van der Waals surface area contributed by atoms with Gasteiger partial charge in [0.15, 0.2) is 0 Å². The number of benzene rings is 1. The molecule has 0 aliphatic rings. The van der Waals surface area contributed by atoms with Gasteiger partial charge in [-0.05, 0) is 52.0 Å². The van der Waals surface area contributed by atoms with Gasteiger partial charge in [0.25, 0.3) is 5.91 Å². The van der Waals surface area contributed by atoms with E-state index in [0.717, 1.165) is 21.5 Å². The molecule has 0 fully saturated rings. The Bertz CT molecular complexity index is 923. The molecule has 3 aromatic rings. The molecule has 1 amide bonds. The van der Waals surface area contributed by atoms with Gasteiger partial charge in [0.2, 0.25) is 0 Å². The van der Waals surface area contributed by atoms with Crippen LogP contribution in [0.15, 0.2) is 47.1 Å². The molecule has 0 aliphatic carbocycles. The summed E-state index contributed by atoms with van der Waals surface area (Å²) in [6, 6.07) is 11.9. The Balaban J connectivity index is 1.95. The SMILES string of the molecule is Cc1cc(C(=O)Nc2ccnn2C(C)C)c(C)n1-c1cccc(Br)c1. The number of anilines is 1. The number of rotatable bonds is 4. The van der Waals surface area contributed by atoms with Gasteiger partial charge in [-0.3, -0.25) is 4.79 Å². The predicted molar refractivity (Wildman–Crippen MR) is 104 cm³/mol. The third-order valence-electron chi connectivity index (χ3n) is 4.14. The first kappa shape index (κ1) is 17.5. The van der Waals surface area contributed by atoms with E-state index in [1.165, 1.54) is 0 Å². The zero-order valence-electron chi connectivity index (χ0n) is 14.7. The van der Waals surface area contributed by atoms with Gasteiger partial charge in [-0.1, -0.05) is 22.0 Å². The normalized spacial score (nSPS) is 11.1. The molecule has 0 radical (unpaired) electrons. The maximum absolute atomic E-state index is 12.8. The molecule has 25 heavy (non-hydrogen) atoms. The lowest BCUT2D eigenvalue weighted by atomic mass is 10.2. The van der Waals surface area contributed by atoms with Crippen molar-refractivity contribution in [3.63, 3.8) is 0 Å². The molecule has 6 heteroatoms. The van der Waals surface area contributed by atoms with Crippen molar-refractivity contribution in [2.45, 2.75) is 33.7 Å². The molecule has 0 unspecified atom stereocenters. The number of hydrogen-bond acceptors (Lipinski definition) is 2. The van der Waals surface area contributed by atoms with Gasteiger partial charge in [0.1, 0.15) is 5.82 Å². The fourth-order valence-corrected chi connectivity index (χ4v) is 3.40. The summed E-state index contributed by atoms with van der Waals surface area (Å²) < 4.78 is 4.88. The highest BCUT2D eigenvalue weighted by Gasteiger charge is 2.18. The number of halogens is 1. The quantitative estimate of drug-likeness (QED) is 0.677. The summed E-state index contributed by atoms with van der Waals surface area (Å²) in [5.41, 5.74) is 3.60. The van der Waals surface area contributed by atoms with Crippen LogP contribution in [0.4, 0.5) is 5.82 Å². The molecule has 1 N–H and O–H groups in total. The number of aryl methyl sites for hydroxylation is 1. The summed E-state index contributed by atoms with van der Waals surface area (Å²) in [6.07, 6.45) is 1.69. The summed E-state index contributed by atoms with van der Waals surface area (Å²) >= 11 is 3.50. The largest absolute Gasteiger partial charge is 0.318 e. The summed E-state index contributed by atoms with van der Waals surface area (Å²) in [6.45, 7) is 8.02. The van der Waals surface area contributed by atoms with Crippen LogP contribution >= 0.6 is 15.9 Å². The second-order valence-corrected chi connectivity index (χ2v) is 7.22. The zero-order chi connectivity index (χ0) is 18.1. The summed E-state index contributed by atoms with van der Waals surface area (Å²) in [7, 11) is 0. The second kappa shape index (κ2) is 6.88. The van der Waals surface area contributed by atoms with Crippen LogP contribution in [-0.4, -0.2) is 20.3 Å². The van der Waals surface area contributed by atoms with E-state index in [9.17, 15) is 4.79 Å². The lowest BCUT2D eigenvalue weighted by Gasteiger charge is -2.12. The molecular formula is C19H21BrN4O. The van der Waals surface area contributed by atoms with Crippen LogP contribution < -0.4 is 5.32 Å². The molecule has 130 valence electrons. The molecule has 0 atom stereocenters. The molecule has 2 heterocycles. The lowest BCUT2D eigenvalue weighted by molar-refractivity contribution is 0.102. The lowest BCUT2D eigenvalue weighted by Crippen LogP contribution is -2.17. The van der Waals surface area contributed by atoms with Gasteiger partial charge in [0.05, 0.1) is 11.8 Å². The molecule has 0 saturated heterocycles. The monoisotopic (exact) mass is 400 g/mol. The van der Waals surface area contributed by atoms with Crippen molar-refractivity contribution in [1.82, 2.24) is 14.3 Å². The number of amides is 1. The Morgan fingerprint density at radius 3 is 2.64 bits per heavy atom. The topological polar surface area (TPSA) is 51.9 Å². The first-order valence-electron chi connectivity index (χ1n) is 8.18. The number of carbonyl (C=O) groups excluding carboxylic acids is 1. The van der Waals surface area contributed by atoms with Crippen LogP contribution in [0.1, 0.15) is 41.6 Å². The van der Waals surface area contributed by atoms with E-state index in [-0.39, 0.29) is 11.9 Å². The maximum atomic E-state index is 12.8.